The van der Waals surface area contributed by atoms with Gasteiger partial charge in [0.1, 0.15) is 0 Å². The van der Waals surface area contributed by atoms with Crippen molar-refractivity contribution < 1.29 is 14.7 Å². The molecule has 0 heterocycles. The van der Waals surface area contributed by atoms with Crippen molar-refractivity contribution in [2.75, 3.05) is 20.6 Å². The van der Waals surface area contributed by atoms with Gasteiger partial charge < -0.3 is 15.3 Å². The van der Waals surface area contributed by atoms with E-state index in [1.54, 1.807) is 0 Å². The molecule has 0 spiro atoms. The molecule has 0 radical (unpaired) electrons. The Balaban J connectivity index is 2.24. The molecule has 0 bridgehead atoms. The van der Waals surface area contributed by atoms with Crippen molar-refractivity contribution in [3.8, 4) is 0 Å². The van der Waals surface area contributed by atoms with Gasteiger partial charge in [-0.15, -0.1) is 0 Å². The van der Waals surface area contributed by atoms with Gasteiger partial charge in [-0.2, -0.15) is 0 Å². The standard InChI is InChI=1S/C10H18N2O3/c1-6(12(2)3)5-11-9(13)7-4-8(7)10(14)15/h6-8H,4-5H2,1-3H3,(H,11,13)(H,14,15)/t6?,7-,8+/m1/s1. The highest BCUT2D eigenvalue weighted by Crippen LogP contribution is 2.38. The van der Waals surface area contributed by atoms with Crippen LogP contribution in [0.25, 0.3) is 0 Å². The third kappa shape index (κ3) is 3.20. The first-order chi connectivity index (χ1) is 6.93. The molecule has 3 atom stereocenters. The Labute approximate surface area is 89.4 Å². The summed E-state index contributed by atoms with van der Waals surface area (Å²) in [5, 5.41) is 11.4. The summed E-state index contributed by atoms with van der Waals surface area (Å²) in [4.78, 5) is 24.0. The van der Waals surface area contributed by atoms with Crippen molar-refractivity contribution in [1.82, 2.24) is 10.2 Å². The van der Waals surface area contributed by atoms with Gasteiger partial charge in [0.05, 0.1) is 11.8 Å². The van der Waals surface area contributed by atoms with E-state index < -0.39 is 11.9 Å². The number of aliphatic carboxylic acids is 1. The maximum atomic E-state index is 11.5. The van der Waals surface area contributed by atoms with E-state index in [0.717, 1.165) is 0 Å². The van der Waals surface area contributed by atoms with E-state index in [1.807, 2.05) is 25.9 Å². The van der Waals surface area contributed by atoms with Crippen LogP contribution in [-0.4, -0.2) is 48.6 Å². The van der Waals surface area contributed by atoms with Crippen molar-refractivity contribution in [3.63, 3.8) is 0 Å². The molecule has 86 valence electrons. The van der Waals surface area contributed by atoms with Gasteiger partial charge in [-0.05, 0) is 27.4 Å². The second kappa shape index (κ2) is 4.61. The molecule has 2 N–H and O–H groups in total. The minimum Gasteiger partial charge on any atom is -0.481 e. The average Bonchev–Trinajstić information content (AvgIpc) is 2.92. The zero-order valence-electron chi connectivity index (χ0n) is 9.36. The van der Waals surface area contributed by atoms with E-state index in [9.17, 15) is 9.59 Å². The molecule has 0 aromatic rings. The van der Waals surface area contributed by atoms with Crippen LogP contribution in [0.4, 0.5) is 0 Å². The van der Waals surface area contributed by atoms with E-state index >= 15 is 0 Å². The maximum absolute atomic E-state index is 11.5. The maximum Gasteiger partial charge on any atom is 0.307 e. The lowest BCUT2D eigenvalue weighted by atomic mass is 10.2. The first-order valence-corrected chi connectivity index (χ1v) is 5.10. The summed E-state index contributed by atoms with van der Waals surface area (Å²) in [5.74, 6) is -1.76. The van der Waals surface area contributed by atoms with Crippen molar-refractivity contribution in [1.29, 1.82) is 0 Å². The fraction of sp³-hybridized carbons (Fsp3) is 0.800. The number of carbonyl (C=O) groups is 2. The molecular formula is C10H18N2O3. The minimum absolute atomic E-state index is 0.129. The van der Waals surface area contributed by atoms with Crippen LogP contribution in [0.2, 0.25) is 0 Å². The number of nitrogens with one attached hydrogen (secondary N) is 1. The number of carboxylic acid groups (broad SMARTS) is 1. The first-order valence-electron chi connectivity index (χ1n) is 5.10. The Hall–Kier alpha value is -1.10. The second-order valence-corrected chi connectivity index (χ2v) is 4.34. The van der Waals surface area contributed by atoms with Crippen LogP contribution in [0.1, 0.15) is 13.3 Å². The van der Waals surface area contributed by atoms with Gasteiger partial charge >= 0.3 is 5.97 Å². The van der Waals surface area contributed by atoms with Gasteiger partial charge in [0.2, 0.25) is 5.91 Å². The highest BCUT2D eigenvalue weighted by atomic mass is 16.4. The summed E-state index contributed by atoms with van der Waals surface area (Å²) < 4.78 is 0. The molecule has 1 fully saturated rings. The molecular weight excluding hydrogens is 196 g/mol. The van der Waals surface area contributed by atoms with Gasteiger partial charge in [0.25, 0.3) is 0 Å². The average molecular weight is 214 g/mol. The fourth-order valence-electron chi connectivity index (χ4n) is 1.32. The van der Waals surface area contributed by atoms with Gasteiger partial charge in [-0.3, -0.25) is 9.59 Å². The summed E-state index contributed by atoms with van der Waals surface area (Å²) in [6, 6.07) is 0.260. The number of rotatable bonds is 5. The van der Waals surface area contributed by atoms with E-state index in [1.165, 1.54) is 0 Å². The lowest BCUT2D eigenvalue weighted by Gasteiger charge is -2.19. The molecule has 15 heavy (non-hydrogen) atoms. The third-order valence-electron chi connectivity index (χ3n) is 2.90. The first kappa shape index (κ1) is 12.0. The predicted octanol–water partition coefficient (Wildman–Crippen LogP) is -0.227. The Morgan fingerprint density at radius 1 is 1.47 bits per heavy atom. The van der Waals surface area contributed by atoms with Crippen molar-refractivity contribution in [2.24, 2.45) is 11.8 Å². The van der Waals surface area contributed by atoms with Crippen LogP contribution in [0.5, 0.6) is 0 Å². The van der Waals surface area contributed by atoms with Crippen LogP contribution < -0.4 is 5.32 Å². The molecule has 1 aliphatic carbocycles. The molecule has 0 aromatic heterocycles. The largest absolute Gasteiger partial charge is 0.481 e. The van der Waals surface area contributed by atoms with Crippen LogP contribution in [0.3, 0.4) is 0 Å². The smallest absolute Gasteiger partial charge is 0.307 e. The quantitative estimate of drug-likeness (QED) is 0.663. The van der Waals surface area contributed by atoms with Gasteiger partial charge in [0, 0.05) is 12.6 Å². The molecule has 5 nitrogen and oxygen atoms in total. The zero-order valence-corrected chi connectivity index (χ0v) is 9.36. The number of carboxylic acids is 1. The molecule has 0 aromatic carbocycles. The normalized spacial score (nSPS) is 26.1. The minimum atomic E-state index is -0.865. The number of carbonyl (C=O) groups excluding carboxylic acids is 1. The third-order valence-corrected chi connectivity index (χ3v) is 2.90. The van der Waals surface area contributed by atoms with Crippen LogP contribution in [0, 0.1) is 11.8 Å². The van der Waals surface area contributed by atoms with Crippen LogP contribution in [0.15, 0.2) is 0 Å². The van der Waals surface area contributed by atoms with E-state index in [2.05, 4.69) is 5.32 Å². The van der Waals surface area contributed by atoms with Gasteiger partial charge in [-0.1, -0.05) is 0 Å². The molecule has 1 aliphatic rings. The number of amides is 1. The number of likely N-dealkylation sites (N-methyl/N-ethyl adjacent to an activating group) is 1. The highest BCUT2D eigenvalue weighted by molar-refractivity contribution is 5.89. The Morgan fingerprint density at radius 2 is 2.07 bits per heavy atom. The topological polar surface area (TPSA) is 69.6 Å². The Bertz CT molecular complexity index is 265. The molecule has 1 saturated carbocycles. The summed E-state index contributed by atoms with van der Waals surface area (Å²) in [5.41, 5.74) is 0. The van der Waals surface area contributed by atoms with Gasteiger partial charge in [-0.25, -0.2) is 0 Å². The fourth-order valence-corrected chi connectivity index (χ4v) is 1.32. The molecule has 1 amide bonds. The molecule has 5 heteroatoms. The zero-order chi connectivity index (χ0) is 11.6. The molecule has 0 aliphatic heterocycles. The lowest BCUT2D eigenvalue weighted by Crippen LogP contribution is -2.39. The van der Waals surface area contributed by atoms with Crippen molar-refractivity contribution in [3.05, 3.63) is 0 Å². The highest BCUT2D eigenvalue weighted by Gasteiger charge is 2.48. The Morgan fingerprint density at radius 3 is 2.47 bits per heavy atom. The van der Waals surface area contributed by atoms with E-state index in [4.69, 9.17) is 5.11 Å². The van der Waals surface area contributed by atoms with Crippen molar-refractivity contribution in [2.45, 2.75) is 19.4 Å². The second-order valence-electron chi connectivity index (χ2n) is 4.34. The lowest BCUT2D eigenvalue weighted by molar-refractivity contribution is -0.140. The number of nitrogens with zero attached hydrogens (tertiary/aromatic N) is 1. The molecule has 1 unspecified atom stereocenters. The SMILES string of the molecule is CC(CNC(=O)[C@@H]1C[C@@H]1C(=O)O)N(C)C. The van der Waals surface area contributed by atoms with Gasteiger partial charge in [0.15, 0.2) is 0 Å². The predicted molar refractivity (Wildman–Crippen MR) is 55.4 cm³/mol. The summed E-state index contributed by atoms with van der Waals surface area (Å²) in [6.45, 7) is 2.57. The molecule has 0 saturated heterocycles. The van der Waals surface area contributed by atoms with Crippen LogP contribution >= 0.6 is 0 Å². The monoisotopic (exact) mass is 214 g/mol. The summed E-state index contributed by atoms with van der Waals surface area (Å²) >= 11 is 0. The number of hydrogen-bond donors (Lipinski definition) is 2. The number of hydrogen-bond acceptors (Lipinski definition) is 3. The van der Waals surface area contributed by atoms with E-state index in [0.29, 0.717) is 13.0 Å². The van der Waals surface area contributed by atoms with E-state index in [-0.39, 0.29) is 17.9 Å². The molecule has 1 rings (SSSR count). The van der Waals surface area contributed by atoms with Crippen LogP contribution in [-0.2, 0) is 9.59 Å². The Kier molecular flexibility index (Phi) is 3.68. The summed E-state index contributed by atoms with van der Waals surface area (Å²) in [7, 11) is 3.88. The summed E-state index contributed by atoms with van der Waals surface area (Å²) in [6.07, 6.45) is 0.484. The van der Waals surface area contributed by atoms with Crippen molar-refractivity contribution >= 4 is 11.9 Å².